The molecule has 0 aromatic carbocycles. The number of hydrogen-bond acceptors (Lipinski definition) is 5. The van der Waals surface area contributed by atoms with E-state index in [9.17, 15) is 4.79 Å². The van der Waals surface area contributed by atoms with Crippen LogP contribution in [0, 0.1) is 0 Å². The Morgan fingerprint density at radius 2 is 2.40 bits per heavy atom. The first-order valence-corrected chi connectivity index (χ1v) is 7.50. The number of fused-ring (bicyclic) bond motifs is 1. The zero-order chi connectivity index (χ0) is 13.6. The zero-order valence-electron chi connectivity index (χ0n) is 11.0. The van der Waals surface area contributed by atoms with Gasteiger partial charge in [0.05, 0.1) is 35.5 Å². The normalized spacial score (nSPS) is 21.9. The maximum atomic E-state index is 11.7. The number of ether oxygens (including phenoxy) is 1. The van der Waals surface area contributed by atoms with Gasteiger partial charge in [-0.25, -0.2) is 0 Å². The molecule has 0 aliphatic carbocycles. The van der Waals surface area contributed by atoms with Crippen LogP contribution in [0.1, 0.15) is 4.88 Å². The minimum absolute atomic E-state index is 0.00247. The molecule has 104 valence electrons. The van der Waals surface area contributed by atoms with Gasteiger partial charge in [0.15, 0.2) is 0 Å². The number of carbonyl (C=O) groups excluding carboxylic acids is 1. The van der Waals surface area contributed by atoms with Gasteiger partial charge in [-0.3, -0.25) is 14.7 Å². The molecular formula is C14H15N3O2S. The molecule has 2 aliphatic heterocycles. The third-order valence-corrected chi connectivity index (χ3v) is 5.12. The number of aromatic nitrogens is 1. The summed E-state index contributed by atoms with van der Waals surface area (Å²) in [5, 5.41) is 2.95. The van der Waals surface area contributed by atoms with Crippen molar-refractivity contribution in [2.45, 2.75) is 12.1 Å². The van der Waals surface area contributed by atoms with Gasteiger partial charge in [0.1, 0.15) is 0 Å². The maximum absolute atomic E-state index is 11.7. The van der Waals surface area contributed by atoms with Crippen LogP contribution in [0.3, 0.4) is 0 Å². The molecule has 6 heteroatoms. The van der Waals surface area contributed by atoms with Gasteiger partial charge in [-0.15, -0.1) is 11.3 Å². The second kappa shape index (κ2) is 4.51. The number of nitrogens with zero attached hydrogens (tertiary/aromatic N) is 2. The smallest absolute Gasteiger partial charge is 0.234 e. The Kier molecular flexibility index (Phi) is 2.76. The number of rotatable bonds is 2. The van der Waals surface area contributed by atoms with Crippen LogP contribution in [0.25, 0.3) is 10.2 Å². The highest BCUT2D eigenvalue weighted by Gasteiger charge is 2.47. The zero-order valence-corrected chi connectivity index (χ0v) is 11.8. The van der Waals surface area contributed by atoms with Crippen molar-refractivity contribution < 1.29 is 9.53 Å². The number of thiophene rings is 1. The molecule has 0 unspecified atom stereocenters. The number of pyridine rings is 1. The molecule has 1 amide bonds. The van der Waals surface area contributed by atoms with Crippen molar-refractivity contribution in [2.75, 3.05) is 26.3 Å². The first-order chi connectivity index (χ1) is 9.75. The van der Waals surface area contributed by atoms with Gasteiger partial charge in [0.2, 0.25) is 5.91 Å². The molecule has 0 atom stereocenters. The van der Waals surface area contributed by atoms with E-state index in [0.717, 1.165) is 12.1 Å². The Balaban J connectivity index is 1.61. The third-order valence-electron chi connectivity index (χ3n) is 4.05. The van der Waals surface area contributed by atoms with Crippen molar-refractivity contribution in [2.24, 2.45) is 0 Å². The largest absolute Gasteiger partial charge is 0.377 e. The van der Waals surface area contributed by atoms with E-state index in [-0.39, 0.29) is 11.4 Å². The van der Waals surface area contributed by atoms with Gasteiger partial charge in [0.25, 0.3) is 0 Å². The molecule has 20 heavy (non-hydrogen) atoms. The molecular weight excluding hydrogens is 274 g/mol. The van der Waals surface area contributed by atoms with Gasteiger partial charge in [0, 0.05) is 24.2 Å². The minimum atomic E-state index is -0.00247. The predicted molar refractivity (Wildman–Crippen MR) is 76.6 cm³/mol. The standard InChI is InChI=1S/C14H15N3O2S/c18-13-6-17(14(7-16-13)8-19-9-14)5-10-4-11-12(20-10)2-1-3-15-11/h1-4H,5-9H2,(H,16,18). The van der Waals surface area contributed by atoms with Crippen LogP contribution in [0.2, 0.25) is 0 Å². The van der Waals surface area contributed by atoms with Crippen molar-refractivity contribution in [3.05, 3.63) is 29.3 Å². The Morgan fingerprint density at radius 1 is 1.50 bits per heavy atom. The molecule has 0 saturated carbocycles. The minimum Gasteiger partial charge on any atom is -0.377 e. The van der Waals surface area contributed by atoms with Gasteiger partial charge in [-0.2, -0.15) is 0 Å². The average Bonchev–Trinajstić information content (AvgIpc) is 2.79. The molecule has 0 bridgehead atoms. The van der Waals surface area contributed by atoms with Gasteiger partial charge < -0.3 is 10.1 Å². The molecule has 1 N–H and O–H groups in total. The fourth-order valence-corrected chi connectivity index (χ4v) is 3.84. The Hall–Kier alpha value is -1.50. The van der Waals surface area contributed by atoms with Crippen molar-refractivity contribution in [1.29, 1.82) is 0 Å². The SMILES string of the molecule is O=C1CN(Cc2cc3ncccc3s2)C2(CN1)COC2. The summed E-state index contributed by atoms with van der Waals surface area (Å²) < 4.78 is 6.57. The maximum Gasteiger partial charge on any atom is 0.234 e. The van der Waals surface area contributed by atoms with Crippen LogP contribution in [-0.2, 0) is 16.1 Å². The lowest BCUT2D eigenvalue weighted by molar-refractivity contribution is -0.164. The molecule has 2 aliphatic rings. The number of piperazine rings is 1. The van der Waals surface area contributed by atoms with E-state index < -0.39 is 0 Å². The summed E-state index contributed by atoms with van der Waals surface area (Å²) in [6.45, 7) is 3.34. The summed E-state index contributed by atoms with van der Waals surface area (Å²) in [5.41, 5.74) is 1.03. The van der Waals surface area contributed by atoms with E-state index in [0.29, 0.717) is 26.3 Å². The highest BCUT2D eigenvalue weighted by atomic mass is 32.1. The van der Waals surface area contributed by atoms with Crippen LogP contribution in [0.15, 0.2) is 24.4 Å². The van der Waals surface area contributed by atoms with Gasteiger partial charge >= 0.3 is 0 Å². The Labute approximate surface area is 120 Å². The molecule has 0 radical (unpaired) electrons. The van der Waals surface area contributed by atoms with Crippen LogP contribution in [-0.4, -0.2) is 47.6 Å². The third kappa shape index (κ3) is 1.91. The predicted octanol–water partition coefficient (Wildman–Crippen LogP) is 0.997. The van der Waals surface area contributed by atoms with Crippen LogP contribution in [0.5, 0.6) is 0 Å². The summed E-state index contributed by atoms with van der Waals surface area (Å²) in [5.74, 6) is 0.0989. The molecule has 2 aromatic rings. The lowest BCUT2D eigenvalue weighted by Crippen LogP contribution is -2.71. The molecule has 2 saturated heterocycles. The van der Waals surface area contributed by atoms with E-state index in [1.165, 1.54) is 9.58 Å². The first kappa shape index (κ1) is 12.3. The van der Waals surface area contributed by atoms with E-state index >= 15 is 0 Å². The summed E-state index contributed by atoms with van der Waals surface area (Å²) in [7, 11) is 0. The second-order valence-electron chi connectivity index (χ2n) is 5.45. The van der Waals surface area contributed by atoms with Crippen LogP contribution < -0.4 is 5.32 Å². The van der Waals surface area contributed by atoms with E-state index in [4.69, 9.17) is 4.74 Å². The fourth-order valence-electron chi connectivity index (χ4n) is 2.80. The summed E-state index contributed by atoms with van der Waals surface area (Å²) in [6, 6.07) is 6.17. The van der Waals surface area contributed by atoms with E-state index in [2.05, 4.69) is 27.3 Å². The quantitative estimate of drug-likeness (QED) is 0.896. The Morgan fingerprint density at radius 3 is 3.15 bits per heavy atom. The monoisotopic (exact) mass is 289 g/mol. The topological polar surface area (TPSA) is 54.5 Å². The van der Waals surface area contributed by atoms with Crippen molar-refractivity contribution in [1.82, 2.24) is 15.2 Å². The van der Waals surface area contributed by atoms with Crippen LogP contribution in [0.4, 0.5) is 0 Å². The number of hydrogen-bond donors (Lipinski definition) is 1. The summed E-state index contributed by atoms with van der Waals surface area (Å²) >= 11 is 1.75. The van der Waals surface area contributed by atoms with E-state index in [1.54, 1.807) is 11.3 Å². The summed E-state index contributed by atoms with van der Waals surface area (Å²) in [4.78, 5) is 19.5. The Bertz CT molecular complexity index is 632. The molecule has 1 spiro atoms. The molecule has 4 rings (SSSR count). The molecule has 2 fully saturated rings. The van der Waals surface area contributed by atoms with Gasteiger partial charge in [-0.1, -0.05) is 0 Å². The first-order valence-electron chi connectivity index (χ1n) is 6.68. The number of nitrogens with one attached hydrogen (secondary N) is 1. The molecule has 4 heterocycles. The highest BCUT2D eigenvalue weighted by molar-refractivity contribution is 7.19. The highest BCUT2D eigenvalue weighted by Crippen LogP contribution is 2.31. The van der Waals surface area contributed by atoms with Crippen molar-refractivity contribution >= 4 is 27.5 Å². The lowest BCUT2D eigenvalue weighted by Gasteiger charge is -2.51. The summed E-state index contributed by atoms with van der Waals surface area (Å²) in [6.07, 6.45) is 1.81. The molecule has 2 aromatic heterocycles. The van der Waals surface area contributed by atoms with Crippen molar-refractivity contribution in [3.63, 3.8) is 0 Å². The van der Waals surface area contributed by atoms with E-state index in [1.807, 2.05) is 12.3 Å². The fraction of sp³-hybridized carbons (Fsp3) is 0.429. The number of carbonyl (C=O) groups is 1. The lowest BCUT2D eigenvalue weighted by atomic mass is 9.92. The van der Waals surface area contributed by atoms with Crippen molar-refractivity contribution in [3.8, 4) is 0 Å². The number of amides is 1. The van der Waals surface area contributed by atoms with Gasteiger partial charge in [-0.05, 0) is 18.2 Å². The average molecular weight is 289 g/mol. The van der Waals surface area contributed by atoms with Crippen LogP contribution >= 0.6 is 11.3 Å². The second-order valence-corrected chi connectivity index (χ2v) is 6.62. The molecule has 5 nitrogen and oxygen atoms in total.